The Hall–Kier alpha value is -2.26. The van der Waals surface area contributed by atoms with Gasteiger partial charge in [-0.15, -0.1) is 11.8 Å². The van der Waals surface area contributed by atoms with E-state index in [1.54, 1.807) is 0 Å². The van der Waals surface area contributed by atoms with Crippen LogP contribution >= 0.6 is 11.8 Å². The molecule has 8 nitrogen and oxygen atoms in total. The maximum atomic E-state index is 12.0. The number of carboxylic acid groups (broad SMARTS) is 1. The Labute approximate surface area is 142 Å². The summed E-state index contributed by atoms with van der Waals surface area (Å²) in [5.41, 5.74) is 2.39. The number of nitrogens with zero attached hydrogens (tertiary/aromatic N) is 2. The first-order valence-electron chi connectivity index (χ1n) is 7.48. The summed E-state index contributed by atoms with van der Waals surface area (Å²) in [6.07, 6.45) is 1.92. The Morgan fingerprint density at radius 3 is 3.08 bits per heavy atom. The van der Waals surface area contributed by atoms with Crippen molar-refractivity contribution >= 4 is 23.7 Å². The molecule has 0 aliphatic carbocycles. The van der Waals surface area contributed by atoms with Crippen LogP contribution in [0.1, 0.15) is 11.4 Å². The summed E-state index contributed by atoms with van der Waals surface area (Å²) in [5, 5.41) is 20.9. The maximum absolute atomic E-state index is 12.0. The normalized spacial score (nSPS) is 20.1. The Balaban J connectivity index is 1.83. The average molecular weight is 350 g/mol. The molecule has 0 saturated carbocycles. The number of aliphatic carboxylic acids is 1. The molecule has 0 aromatic carbocycles. The van der Waals surface area contributed by atoms with Crippen LogP contribution in [0.3, 0.4) is 0 Å². The number of carboxylic acids is 1. The van der Waals surface area contributed by atoms with Crippen molar-refractivity contribution in [3.05, 3.63) is 40.3 Å². The fourth-order valence-corrected chi connectivity index (χ4v) is 3.67. The first-order valence-corrected chi connectivity index (χ1v) is 8.43. The van der Waals surface area contributed by atoms with E-state index in [9.17, 15) is 9.59 Å². The highest BCUT2D eigenvalue weighted by molar-refractivity contribution is 8.03. The van der Waals surface area contributed by atoms with Crippen molar-refractivity contribution in [3.63, 3.8) is 0 Å². The number of nitrogens with one attached hydrogen (secondary N) is 2. The number of rotatable bonds is 4. The number of ether oxygens (including phenoxy) is 1. The smallest absolute Gasteiger partial charge is 0.352 e. The Morgan fingerprint density at radius 1 is 1.54 bits per heavy atom. The molecule has 1 aromatic rings. The second-order valence-corrected chi connectivity index (χ2v) is 6.50. The van der Waals surface area contributed by atoms with Crippen molar-refractivity contribution in [2.45, 2.75) is 24.8 Å². The van der Waals surface area contributed by atoms with Crippen LogP contribution in [0, 0.1) is 0 Å². The molecule has 3 N–H and O–H groups in total. The molecule has 9 heteroatoms. The van der Waals surface area contributed by atoms with Crippen LogP contribution in [0.25, 0.3) is 0 Å². The zero-order valence-electron chi connectivity index (χ0n) is 13.1. The van der Waals surface area contributed by atoms with Gasteiger partial charge in [-0.2, -0.15) is 5.10 Å². The standard InChI is InChI=1S/C15H18N4O4S/c1-23-15(22)11-7-17-12(14(20)21)8-24-13(11)5-9-4-10-6-16-2-3-19(10)18-9/h4,7-8,13,16-17H,2-3,5-6H2,1H3,(H,20,21). The lowest BCUT2D eigenvalue weighted by atomic mass is 10.1. The molecule has 2 aliphatic rings. The van der Waals surface area contributed by atoms with E-state index < -0.39 is 11.9 Å². The minimum absolute atomic E-state index is 0.0252. The van der Waals surface area contributed by atoms with E-state index in [4.69, 9.17) is 9.84 Å². The van der Waals surface area contributed by atoms with Gasteiger partial charge in [-0.3, -0.25) is 4.68 Å². The predicted octanol–water partition coefficient (Wildman–Crippen LogP) is 0.217. The second-order valence-electron chi connectivity index (χ2n) is 5.43. The number of carbonyl (C=O) groups excluding carboxylic acids is 1. The first kappa shape index (κ1) is 16.6. The lowest BCUT2D eigenvalue weighted by Gasteiger charge is -2.14. The Bertz CT molecular complexity index is 702. The van der Waals surface area contributed by atoms with Gasteiger partial charge in [-0.25, -0.2) is 9.59 Å². The van der Waals surface area contributed by atoms with E-state index in [1.807, 2.05) is 10.7 Å². The van der Waals surface area contributed by atoms with Crippen molar-refractivity contribution in [3.8, 4) is 0 Å². The van der Waals surface area contributed by atoms with Gasteiger partial charge in [0.1, 0.15) is 5.70 Å². The van der Waals surface area contributed by atoms with Gasteiger partial charge in [0.15, 0.2) is 0 Å². The van der Waals surface area contributed by atoms with Crippen molar-refractivity contribution in [2.75, 3.05) is 13.7 Å². The summed E-state index contributed by atoms with van der Waals surface area (Å²) in [6.45, 7) is 2.47. The van der Waals surface area contributed by atoms with Crippen LogP contribution in [0.5, 0.6) is 0 Å². The van der Waals surface area contributed by atoms with E-state index in [0.29, 0.717) is 12.0 Å². The topological polar surface area (TPSA) is 105 Å². The van der Waals surface area contributed by atoms with Crippen LogP contribution in [-0.2, 0) is 33.8 Å². The van der Waals surface area contributed by atoms with Crippen LogP contribution in [0.2, 0.25) is 0 Å². The monoisotopic (exact) mass is 350 g/mol. The molecular formula is C15H18N4O4S. The van der Waals surface area contributed by atoms with E-state index in [0.717, 1.165) is 31.0 Å². The molecule has 0 saturated heterocycles. The third-order valence-electron chi connectivity index (χ3n) is 3.85. The Kier molecular flexibility index (Phi) is 4.91. The van der Waals surface area contributed by atoms with Gasteiger partial charge >= 0.3 is 11.9 Å². The van der Waals surface area contributed by atoms with Gasteiger partial charge < -0.3 is 20.5 Å². The molecule has 0 radical (unpaired) electrons. The average Bonchev–Trinajstić information content (AvgIpc) is 2.86. The number of thioether (sulfide) groups is 1. The number of esters is 1. The summed E-state index contributed by atoms with van der Waals surface area (Å²) in [7, 11) is 1.31. The molecule has 3 rings (SSSR count). The molecule has 2 aliphatic heterocycles. The van der Waals surface area contributed by atoms with Crippen LogP contribution < -0.4 is 10.6 Å². The largest absolute Gasteiger partial charge is 0.477 e. The first-order chi connectivity index (χ1) is 11.6. The van der Waals surface area contributed by atoms with E-state index >= 15 is 0 Å². The molecule has 0 bridgehead atoms. The molecule has 24 heavy (non-hydrogen) atoms. The summed E-state index contributed by atoms with van der Waals surface area (Å²) in [6, 6.07) is 2.02. The van der Waals surface area contributed by atoms with E-state index in [1.165, 1.54) is 30.5 Å². The zero-order chi connectivity index (χ0) is 17.1. The molecule has 0 amide bonds. The Morgan fingerprint density at radius 2 is 2.38 bits per heavy atom. The summed E-state index contributed by atoms with van der Waals surface area (Å²) in [5.74, 6) is -1.56. The predicted molar refractivity (Wildman–Crippen MR) is 88.0 cm³/mol. The number of hydrogen-bond acceptors (Lipinski definition) is 7. The van der Waals surface area contributed by atoms with Crippen LogP contribution in [0.4, 0.5) is 0 Å². The van der Waals surface area contributed by atoms with Crippen molar-refractivity contribution in [2.24, 2.45) is 0 Å². The van der Waals surface area contributed by atoms with Gasteiger partial charge in [0.05, 0.1) is 30.6 Å². The fraction of sp³-hybridized carbons (Fsp3) is 0.400. The van der Waals surface area contributed by atoms with Gasteiger partial charge in [0.2, 0.25) is 0 Å². The minimum Gasteiger partial charge on any atom is -0.477 e. The highest BCUT2D eigenvalue weighted by Crippen LogP contribution is 2.28. The number of aromatic nitrogens is 2. The molecule has 1 atom stereocenters. The minimum atomic E-state index is -1.08. The molecule has 3 heterocycles. The summed E-state index contributed by atoms with van der Waals surface area (Å²) in [4.78, 5) is 23.2. The van der Waals surface area contributed by atoms with Gasteiger partial charge in [0, 0.05) is 36.4 Å². The quantitative estimate of drug-likeness (QED) is 0.662. The van der Waals surface area contributed by atoms with Crippen LogP contribution in [-0.4, -0.2) is 45.7 Å². The number of fused-ring (bicyclic) bond motifs is 1. The molecule has 0 spiro atoms. The molecule has 1 unspecified atom stereocenters. The van der Waals surface area contributed by atoms with E-state index in [2.05, 4.69) is 15.7 Å². The molecular weight excluding hydrogens is 332 g/mol. The lowest BCUT2D eigenvalue weighted by molar-refractivity contribution is -0.136. The third-order valence-corrected chi connectivity index (χ3v) is 4.97. The molecule has 0 fully saturated rings. The van der Waals surface area contributed by atoms with E-state index in [-0.39, 0.29) is 10.9 Å². The van der Waals surface area contributed by atoms with Crippen LogP contribution in [0.15, 0.2) is 28.9 Å². The maximum Gasteiger partial charge on any atom is 0.352 e. The number of carbonyl (C=O) groups is 2. The highest BCUT2D eigenvalue weighted by atomic mass is 32.2. The van der Waals surface area contributed by atoms with Gasteiger partial charge in [-0.05, 0) is 6.07 Å². The summed E-state index contributed by atoms with van der Waals surface area (Å²) < 4.78 is 6.79. The van der Waals surface area contributed by atoms with Gasteiger partial charge in [-0.1, -0.05) is 0 Å². The SMILES string of the molecule is COC(=O)C1=CNC(C(=O)O)=CSC1Cc1cc2n(n1)CCNC2. The second kappa shape index (κ2) is 7.10. The summed E-state index contributed by atoms with van der Waals surface area (Å²) >= 11 is 1.27. The van der Waals surface area contributed by atoms with Crippen molar-refractivity contribution in [1.82, 2.24) is 20.4 Å². The molecule has 1 aromatic heterocycles. The zero-order valence-corrected chi connectivity index (χ0v) is 13.9. The number of methoxy groups -OCH3 is 1. The van der Waals surface area contributed by atoms with Crippen molar-refractivity contribution < 1.29 is 19.4 Å². The number of hydrogen-bond donors (Lipinski definition) is 3. The van der Waals surface area contributed by atoms with Gasteiger partial charge in [0.25, 0.3) is 0 Å². The highest BCUT2D eigenvalue weighted by Gasteiger charge is 2.27. The third kappa shape index (κ3) is 3.46. The lowest BCUT2D eigenvalue weighted by Crippen LogP contribution is -2.28. The molecule has 128 valence electrons. The van der Waals surface area contributed by atoms with Crippen molar-refractivity contribution in [1.29, 1.82) is 0 Å². The fourth-order valence-electron chi connectivity index (χ4n) is 2.63.